The highest BCUT2D eigenvalue weighted by Crippen LogP contribution is 2.53. The van der Waals surface area contributed by atoms with Gasteiger partial charge in [0.05, 0.1) is 21.3 Å². The molecule has 0 spiro atoms. The summed E-state index contributed by atoms with van der Waals surface area (Å²) < 4.78 is 28.0. The summed E-state index contributed by atoms with van der Waals surface area (Å²) in [5.41, 5.74) is 4.44. The molecular weight excluding hydrogens is 386 g/mol. The Morgan fingerprint density at radius 1 is 0.933 bits per heavy atom. The molecule has 156 valence electrons. The van der Waals surface area contributed by atoms with Crippen molar-refractivity contribution in [1.82, 2.24) is 0 Å². The molecule has 0 bridgehead atoms. The van der Waals surface area contributed by atoms with Crippen LogP contribution in [-0.4, -0.2) is 33.9 Å². The van der Waals surface area contributed by atoms with Crippen LogP contribution in [0.3, 0.4) is 0 Å². The van der Waals surface area contributed by atoms with Crippen molar-refractivity contribution in [3.63, 3.8) is 0 Å². The highest BCUT2D eigenvalue weighted by molar-refractivity contribution is 6.01. The highest BCUT2D eigenvalue weighted by Gasteiger charge is 2.38. The number of ketones is 1. The number of hydrogen-bond acceptors (Lipinski definition) is 7. The average Bonchev–Trinajstić information content (AvgIpc) is 3.22. The molecule has 0 unspecified atom stereocenters. The summed E-state index contributed by atoms with van der Waals surface area (Å²) in [4.78, 5) is 13.1. The number of anilines is 1. The highest BCUT2D eigenvalue weighted by atomic mass is 16.7. The molecule has 2 aromatic carbocycles. The first kappa shape index (κ1) is 18.7. The van der Waals surface area contributed by atoms with Crippen LogP contribution >= 0.6 is 0 Å². The summed E-state index contributed by atoms with van der Waals surface area (Å²) in [6.07, 6.45) is 2.19. The lowest BCUT2D eigenvalue weighted by molar-refractivity contribution is -0.116. The Hall–Kier alpha value is -3.35. The lowest BCUT2D eigenvalue weighted by Gasteiger charge is -2.35. The van der Waals surface area contributed by atoms with Crippen LogP contribution in [0.25, 0.3) is 0 Å². The van der Waals surface area contributed by atoms with Gasteiger partial charge < -0.3 is 29.0 Å². The van der Waals surface area contributed by atoms with E-state index in [4.69, 9.17) is 23.7 Å². The number of carbonyl (C=O) groups is 1. The van der Waals surface area contributed by atoms with Gasteiger partial charge in [-0.2, -0.15) is 0 Å². The molecule has 0 fully saturated rings. The Morgan fingerprint density at radius 3 is 2.43 bits per heavy atom. The summed E-state index contributed by atoms with van der Waals surface area (Å²) in [7, 11) is 4.76. The quantitative estimate of drug-likeness (QED) is 0.818. The Bertz CT molecular complexity index is 1070. The number of rotatable bonds is 4. The Labute approximate surface area is 174 Å². The standard InChI is InChI=1S/C23H23NO6/c1-26-17-8-7-12(22(27-2)23(17)28-3)20-13-9-18-19(30-11-29-18)10-15(13)24-14-5-4-6-16(25)21(14)20/h7-10,20,24H,4-6,11H2,1-3H3/t20-/m0/s1. The third kappa shape index (κ3) is 2.69. The van der Waals surface area contributed by atoms with Crippen molar-refractivity contribution in [2.45, 2.75) is 25.2 Å². The fraction of sp³-hybridized carbons (Fsp3) is 0.348. The topological polar surface area (TPSA) is 75.3 Å². The smallest absolute Gasteiger partial charge is 0.231 e. The normalized spacial score (nSPS) is 19.0. The number of carbonyl (C=O) groups excluding carboxylic acids is 1. The van der Waals surface area contributed by atoms with E-state index in [0.29, 0.717) is 35.2 Å². The van der Waals surface area contributed by atoms with Crippen LogP contribution in [0.5, 0.6) is 28.7 Å². The average molecular weight is 409 g/mol. The van der Waals surface area contributed by atoms with Gasteiger partial charge in [0, 0.05) is 40.9 Å². The van der Waals surface area contributed by atoms with E-state index in [1.807, 2.05) is 24.3 Å². The van der Waals surface area contributed by atoms with Gasteiger partial charge in [-0.05, 0) is 30.5 Å². The largest absolute Gasteiger partial charge is 0.493 e. The zero-order chi connectivity index (χ0) is 20.8. The summed E-state index contributed by atoms with van der Waals surface area (Å²) in [6, 6.07) is 7.69. The van der Waals surface area contributed by atoms with Crippen LogP contribution in [-0.2, 0) is 4.79 Å². The van der Waals surface area contributed by atoms with Gasteiger partial charge in [0.25, 0.3) is 0 Å². The van der Waals surface area contributed by atoms with E-state index < -0.39 is 0 Å². The molecule has 7 heteroatoms. The maximum atomic E-state index is 13.1. The number of Topliss-reactive ketones (excluding diaryl/α,β-unsaturated/α-hetero) is 1. The minimum atomic E-state index is -0.312. The number of nitrogens with one attached hydrogen (secondary N) is 1. The lowest BCUT2D eigenvalue weighted by atomic mass is 9.75. The minimum Gasteiger partial charge on any atom is -0.493 e. The van der Waals surface area contributed by atoms with Crippen LogP contribution in [0.15, 0.2) is 35.5 Å². The number of ether oxygens (including phenoxy) is 5. The number of benzene rings is 2. The Balaban J connectivity index is 1.77. The van der Waals surface area contributed by atoms with E-state index in [1.54, 1.807) is 21.3 Å². The van der Waals surface area contributed by atoms with Gasteiger partial charge in [0.2, 0.25) is 12.5 Å². The van der Waals surface area contributed by atoms with Crippen molar-refractivity contribution in [2.75, 3.05) is 33.4 Å². The van der Waals surface area contributed by atoms with Crippen molar-refractivity contribution in [1.29, 1.82) is 0 Å². The van der Waals surface area contributed by atoms with Crippen LogP contribution in [0.1, 0.15) is 36.3 Å². The maximum absolute atomic E-state index is 13.1. The van der Waals surface area contributed by atoms with Crippen LogP contribution < -0.4 is 29.0 Å². The van der Waals surface area contributed by atoms with E-state index in [-0.39, 0.29) is 18.5 Å². The van der Waals surface area contributed by atoms with Gasteiger partial charge in [-0.15, -0.1) is 0 Å². The molecule has 0 saturated heterocycles. The summed E-state index contributed by atoms with van der Waals surface area (Å²) in [6.45, 7) is 0.189. The summed E-state index contributed by atoms with van der Waals surface area (Å²) >= 11 is 0. The molecule has 0 saturated carbocycles. The molecule has 0 aromatic heterocycles. The predicted octanol–water partition coefficient (Wildman–Crippen LogP) is 4.01. The molecule has 2 aliphatic heterocycles. The van der Waals surface area contributed by atoms with Crippen molar-refractivity contribution >= 4 is 11.5 Å². The van der Waals surface area contributed by atoms with E-state index >= 15 is 0 Å². The van der Waals surface area contributed by atoms with Gasteiger partial charge in [0.15, 0.2) is 28.8 Å². The van der Waals surface area contributed by atoms with Gasteiger partial charge in [-0.25, -0.2) is 0 Å². The third-order valence-electron chi connectivity index (χ3n) is 5.93. The molecule has 0 amide bonds. The number of allylic oxidation sites excluding steroid dienone is 2. The van der Waals surface area contributed by atoms with Gasteiger partial charge in [-0.3, -0.25) is 4.79 Å². The van der Waals surface area contributed by atoms with Crippen molar-refractivity contribution in [2.24, 2.45) is 0 Å². The zero-order valence-electron chi connectivity index (χ0n) is 17.2. The Morgan fingerprint density at radius 2 is 1.70 bits per heavy atom. The number of fused-ring (bicyclic) bond motifs is 2. The molecule has 0 radical (unpaired) electrons. The van der Waals surface area contributed by atoms with Crippen molar-refractivity contribution < 1.29 is 28.5 Å². The molecule has 30 heavy (non-hydrogen) atoms. The van der Waals surface area contributed by atoms with Gasteiger partial charge in [0.1, 0.15) is 0 Å². The molecule has 2 heterocycles. The van der Waals surface area contributed by atoms with E-state index in [1.165, 1.54) is 0 Å². The first-order chi connectivity index (χ1) is 14.7. The van der Waals surface area contributed by atoms with Gasteiger partial charge in [-0.1, -0.05) is 6.07 Å². The second-order valence-corrected chi connectivity index (χ2v) is 7.44. The molecule has 1 N–H and O–H groups in total. The molecule has 2 aromatic rings. The summed E-state index contributed by atoms with van der Waals surface area (Å²) in [5, 5.41) is 3.47. The molecule has 1 aliphatic carbocycles. The second kappa shape index (κ2) is 7.16. The maximum Gasteiger partial charge on any atom is 0.231 e. The van der Waals surface area contributed by atoms with Crippen molar-refractivity contribution in [3.8, 4) is 28.7 Å². The monoisotopic (exact) mass is 409 g/mol. The first-order valence-electron chi connectivity index (χ1n) is 9.92. The number of hydrogen-bond donors (Lipinski definition) is 1. The SMILES string of the molecule is COc1ccc([C@@H]2C3=C(CCCC3=O)Nc3cc4c(cc32)OCO4)c(OC)c1OC. The van der Waals surface area contributed by atoms with Crippen molar-refractivity contribution in [3.05, 3.63) is 46.7 Å². The molecule has 5 rings (SSSR count). The van der Waals surface area contributed by atoms with E-state index in [9.17, 15) is 4.79 Å². The van der Waals surface area contributed by atoms with Crippen LogP contribution in [0.2, 0.25) is 0 Å². The first-order valence-corrected chi connectivity index (χ1v) is 9.92. The molecule has 7 nitrogen and oxygen atoms in total. The fourth-order valence-corrected chi connectivity index (χ4v) is 4.63. The fourth-order valence-electron chi connectivity index (χ4n) is 4.63. The summed E-state index contributed by atoms with van der Waals surface area (Å²) in [5.74, 6) is 2.84. The predicted molar refractivity (Wildman–Crippen MR) is 110 cm³/mol. The Kier molecular flexibility index (Phi) is 4.46. The minimum absolute atomic E-state index is 0.147. The van der Waals surface area contributed by atoms with Crippen LogP contribution in [0.4, 0.5) is 5.69 Å². The molecule has 3 aliphatic rings. The third-order valence-corrected chi connectivity index (χ3v) is 5.93. The van der Waals surface area contributed by atoms with Gasteiger partial charge >= 0.3 is 0 Å². The van der Waals surface area contributed by atoms with E-state index in [0.717, 1.165) is 40.9 Å². The molecular formula is C23H23NO6. The lowest BCUT2D eigenvalue weighted by Crippen LogP contribution is -2.27. The van der Waals surface area contributed by atoms with E-state index in [2.05, 4.69) is 5.32 Å². The second-order valence-electron chi connectivity index (χ2n) is 7.44. The zero-order valence-corrected chi connectivity index (χ0v) is 17.2. The van der Waals surface area contributed by atoms with Crippen LogP contribution in [0, 0.1) is 0 Å². The molecule has 1 atom stereocenters. The number of methoxy groups -OCH3 is 3.